The zero-order chi connectivity index (χ0) is 28.7. The number of fused-ring (bicyclic) bond motifs is 2. The van der Waals surface area contributed by atoms with Gasteiger partial charge in [-0.3, -0.25) is 14.5 Å². The van der Waals surface area contributed by atoms with Gasteiger partial charge in [0.1, 0.15) is 19.0 Å². The molecule has 3 aromatic carbocycles. The SMILES string of the molecule is CCOc1ccc(C2C(=C(O)c3ccc4c(c3)OCCO4)C(=O)C(=O)N2c2nc3ccc(Cl)cc3s2)cc1OCC. The number of thiazole rings is 1. The van der Waals surface area contributed by atoms with Crippen molar-refractivity contribution in [2.45, 2.75) is 19.9 Å². The van der Waals surface area contributed by atoms with E-state index in [4.69, 9.17) is 30.5 Å². The maximum Gasteiger partial charge on any atom is 0.301 e. The number of ether oxygens (including phenoxy) is 4. The van der Waals surface area contributed by atoms with Gasteiger partial charge >= 0.3 is 5.91 Å². The summed E-state index contributed by atoms with van der Waals surface area (Å²) in [4.78, 5) is 33.3. The van der Waals surface area contributed by atoms with E-state index in [1.807, 2.05) is 13.8 Å². The van der Waals surface area contributed by atoms with E-state index in [0.717, 1.165) is 4.70 Å². The van der Waals surface area contributed by atoms with E-state index in [0.29, 0.717) is 76.2 Å². The molecule has 2 aliphatic heterocycles. The minimum Gasteiger partial charge on any atom is -0.507 e. The molecule has 1 N–H and O–H groups in total. The Labute approximate surface area is 244 Å². The first-order valence-electron chi connectivity index (χ1n) is 13.1. The standard InChI is InChI=1S/C30H25ClN2O7S/c1-3-37-20-9-5-16(13-22(20)38-4-2)26-25(27(34)17-6-10-21-23(14-17)40-12-11-39-21)28(35)29(36)33(26)30-32-19-8-7-18(31)15-24(19)41-30/h5-10,13-15,26,34H,3-4,11-12H2,1-2H3. The van der Waals surface area contributed by atoms with Gasteiger partial charge in [-0.1, -0.05) is 29.0 Å². The second kappa shape index (κ2) is 10.9. The highest BCUT2D eigenvalue weighted by molar-refractivity contribution is 7.22. The molecule has 1 atom stereocenters. The lowest BCUT2D eigenvalue weighted by Crippen LogP contribution is -2.29. The van der Waals surface area contributed by atoms with Gasteiger partial charge in [0, 0.05) is 10.6 Å². The van der Waals surface area contributed by atoms with Gasteiger partial charge in [0.2, 0.25) is 0 Å². The van der Waals surface area contributed by atoms with Crippen molar-refractivity contribution in [2.24, 2.45) is 0 Å². The summed E-state index contributed by atoms with van der Waals surface area (Å²) in [5.41, 5.74) is 1.39. The molecule has 9 nitrogen and oxygen atoms in total. The van der Waals surface area contributed by atoms with Crippen molar-refractivity contribution >= 4 is 55.7 Å². The summed E-state index contributed by atoms with van der Waals surface area (Å²) in [6, 6.07) is 14.3. The lowest BCUT2D eigenvalue weighted by molar-refractivity contribution is -0.132. The number of hydrogen-bond donors (Lipinski definition) is 1. The lowest BCUT2D eigenvalue weighted by atomic mass is 9.95. The quantitative estimate of drug-likeness (QED) is 0.155. The second-order valence-electron chi connectivity index (χ2n) is 9.21. The summed E-state index contributed by atoms with van der Waals surface area (Å²) in [6.45, 7) is 5.29. The number of rotatable bonds is 7. The molecule has 210 valence electrons. The van der Waals surface area contributed by atoms with Gasteiger partial charge in [0.05, 0.1) is 35.0 Å². The zero-order valence-corrected chi connectivity index (χ0v) is 23.8. The average Bonchev–Trinajstić information content (AvgIpc) is 3.51. The van der Waals surface area contributed by atoms with Gasteiger partial charge in [-0.25, -0.2) is 4.98 Å². The number of aliphatic hydroxyl groups excluding tert-OH is 1. The number of aromatic nitrogens is 1. The Hall–Kier alpha value is -4.28. The minimum atomic E-state index is -1.01. The highest BCUT2D eigenvalue weighted by Gasteiger charge is 2.48. The predicted octanol–water partition coefficient (Wildman–Crippen LogP) is 6.14. The fourth-order valence-corrected chi connectivity index (χ4v) is 6.19. The Balaban J connectivity index is 1.55. The van der Waals surface area contributed by atoms with Gasteiger partial charge in [-0.2, -0.15) is 0 Å². The normalized spacial score (nSPS) is 17.7. The van der Waals surface area contributed by atoms with Crippen LogP contribution in [0.1, 0.15) is 31.0 Å². The number of halogens is 1. The number of benzene rings is 3. The summed E-state index contributed by atoms with van der Waals surface area (Å²) in [6.07, 6.45) is 0. The van der Waals surface area contributed by atoms with E-state index < -0.39 is 17.7 Å². The molecule has 1 unspecified atom stereocenters. The average molecular weight is 593 g/mol. The largest absolute Gasteiger partial charge is 0.507 e. The molecule has 6 rings (SSSR count). The number of Topliss-reactive ketones (excluding diaryl/α,β-unsaturated/α-hetero) is 1. The van der Waals surface area contributed by atoms with Crippen LogP contribution < -0.4 is 23.8 Å². The Morgan fingerprint density at radius 2 is 1.76 bits per heavy atom. The van der Waals surface area contributed by atoms with E-state index in [1.165, 1.54) is 16.2 Å². The van der Waals surface area contributed by atoms with Crippen molar-refractivity contribution in [1.82, 2.24) is 4.98 Å². The highest BCUT2D eigenvalue weighted by atomic mass is 35.5. The number of hydrogen-bond acceptors (Lipinski definition) is 9. The molecule has 0 aliphatic carbocycles. The van der Waals surface area contributed by atoms with E-state index in [9.17, 15) is 14.7 Å². The van der Waals surface area contributed by atoms with Gasteiger partial charge in [0.25, 0.3) is 5.78 Å². The smallest absolute Gasteiger partial charge is 0.301 e. The minimum absolute atomic E-state index is 0.0874. The third-order valence-electron chi connectivity index (χ3n) is 6.69. The van der Waals surface area contributed by atoms with E-state index in [-0.39, 0.29) is 11.3 Å². The third-order valence-corrected chi connectivity index (χ3v) is 7.94. The Morgan fingerprint density at radius 1 is 1.00 bits per heavy atom. The molecular formula is C30H25ClN2O7S. The van der Waals surface area contributed by atoms with E-state index in [1.54, 1.807) is 54.6 Å². The van der Waals surface area contributed by atoms with Crippen molar-refractivity contribution in [3.05, 3.63) is 76.3 Å². The van der Waals surface area contributed by atoms with Crippen molar-refractivity contribution in [2.75, 3.05) is 31.3 Å². The Kier molecular flexibility index (Phi) is 7.19. The first kappa shape index (κ1) is 26.9. The number of carbonyl (C=O) groups is 2. The van der Waals surface area contributed by atoms with Crippen LogP contribution in [-0.4, -0.2) is 48.2 Å². The molecule has 1 saturated heterocycles. The molecule has 2 aliphatic rings. The van der Waals surface area contributed by atoms with Crippen LogP contribution >= 0.6 is 22.9 Å². The lowest BCUT2D eigenvalue weighted by Gasteiger charge is -2.24. The monoisotopic (exact) mass is 592 g/mol. The molecule has 1 amide bonds. The van der Waals surface area contributed by atoms with Crippen LogP contribution in [0.2, 0.25) is 5.02 Å². The summed E-state index contributed by atoms with van der Waals surface area (Å²) in [7, 11) is 0. The number of anilines is 1. The molecule has 1 aromatic heterocycles. The van der Waals surface area contributed by atoms with Crippen LogP contribution in [0.4, 0.5) is 5.13 Å². The van der Waals surface area contributed by atoms with Crippen LogP contribution in [-0.2, 0) is 9.59 Å². The number of nitrogens with zero attached hydrogens (tertiary/aromatic N) is 2. The summed E-state index contributed by atoms with van der Waals surface area (Å²) in [5.74, 6) is -0.0505. The van der Waals surface area contributed by atoms with Crippen LogP contribution in [0.15, 0.2) is 60.2 Å². The first-order valence-corrected chi connectivity index (χ1v) is 14.3. The Morgan fingerprint density at radius 3 is 2.54 bits per heavy atom. The van der Waals surface area contributed by atoms with Gasteiger partial charge < -0.3 is 24.1 Å². The van der Waals surface area contributed by atoms with E-state index in [2.05, 4.69) is 4.98 Å². The maximum absolute atomic E-state index is 13.7. The zero-order valence-electron chi connectivity index (χ0n) is 22.2. The third kappa shape index (κ3) is 4.83. The molecule has 0 spiro atoms. The van der Waals surface area contributed by atoms with Gasteiger partial charge in [-0.05, 0) is 67.9 Å². The highest BCUT2D eigenvalue weighted by Crippen LogP contribution is 2.46. The number of aliphatic hydroxyl groups is 1. The topological polar surface area (TPSA) is 107 Å². The molecule has 41 heavy (non-hydrogen) atoms. The maximum atomic E-state index is 13.7. The number of amides is 1. The summed E-state index contributed by atoms with van der Waals surface area (Å²) < 4.78 is 23.6. The number of ketones is 1. The summed E-state index contributed by atoms with van der Waals surface area (Å²) >= 11 is 7.42. The van der Waals surface area contributed by atoms with E-state index >= 15 is 0 Å². The van der Waals surface area contributed by atoms with Crippen LogP contribution in [0, 0.1) is 0 Å². The van der Waals surface area contributed by atoms with Crippen molar-refractivity contribution in [1.29, 1.82) is 0 Å². The van der Waals surface area contributed by atoms with Crippen LogP contribution in [0.25, 0.3) is 16.0 Å². The molecule has 0 radical (unpaired) electrons. The molecule has 1 fully saturated rings. The molecule has 3 heterocycles. The van der Waals surface area contributed by atoms with Crippen LogP contribution in [0.5, 0.6) is 23.0 Å². The molecular weight excluding hydrogens is 568 g/mol. The number of carbonyl (C=O) groups excluding carboxylic acids is 2. The van der Waals surface area contributed by atoms with Gasteiger partial charge in [0.15, 0.2) is 28.1 Å². The second-order valence-corrected chi connectivity index (χ2v) is 10.7. The van der Waals surface area contributed by atoms with Crippen molar-refractivity contribution in [3.63, 3.8) is 0 Å². The Bertz CT molecular complexity index is 1720. The first-order chi connectivity index (χ1) is 19.9. The van der Waals surface area contributed by atoms with Crippen LogP contribution in [0.3, 0.4) is 0 Å². The van der Waals surface area contributed by atoms with Gasteiger partial charge in [-0.15, -0.1) is 0 Å². The van der Waals surface area contributed by atoms with Crippen molar-refractivity contribution < 1.29 is 33.6 Å². The summed E-state index contributed by atoms with van der Waals surface area (Å²) in [5, 5.41) is 12.4. The predicted molar refractivity (Wildman–Crippen MR) is 156 cm³/mol. The van der Waals surface area contributed by atoms with Crippen molar-refractivity contribution in [3.8, 4) is 23.0 Å². The molecule has 4 aromatic rings. The molecule has 0 bridgehead atoms. The molecule has 0 saturated carbocycles. The fourth-order valence-electron chi connectivity index (χ4n) is 4.92. The fraction of sp³-hybridized carbons (Fsp3) is 0.233. The molecule has 11 heteroatoms.